The van der Waals surface area contributed by atoms with E-state index in [1.807, 2.05) is 66.7 Å². The number of carbonyl (C=O) groups excluding carboxylic acids is 1. The molecule has 0 saturated heterocycles. The van der Waals surface area contributed by atoms with Gasteiger partial charge in [-0.15, -0.1) is 0 Å². The molecule has 0 aliphatic rings. The fourth-order valence-corrected chi connectivity index (χ4v) is 2.32. The second-order valence-corrected chi connectivity index (χ2v) is 5.00. The fraction of sp³-hybridized carbons (Fsp3) is 0.111. The molecule has 0 fully saturated rings. The highest BCUT2D eigenvalue weighted by molar-refractivity contribution is 5.93. The van der Waals surface area contributed by atoms with E-state index in [1.165, 1.54) is 0 Å². The number of hydrogen-bond acceptors (Lipinski definition) is 2. The molecule has 0 saturated carbocycles. The van der Waals surface area contributed by atoms with E-state index in [0.29, 0.717) is 6.54 Å². The van der Waals surface area contributed by atoms with Crippen molar-refractivity contribution in [3.05, 3.63) is 84.7 Å². The average molecular weight is 291 g/mol. The first-order valence-corrected chi connectivity index (χ1v) is 7.20. The first kappa shape index (κ1) is 14.1. The third-order valence-electron chi connectivity index (χ3n) is 3.41. The first-order valence-electron chi connectivity index (χ1n) is 7.20. The lowest BCUT2D eigenvalue weighted by atomic mass is 10.2. The van der Waals surface area contributed by atoms with Crippen LogP contribution in [-0.4, -0.2) is 15.7 Å². The average Bonchev–Trinajstić information content (AvgIpc) is 3.07. The highest BCUT2D eigenvalue weighted by Crippen LogP contribution is 2.17. The normalized spacial score (nSPS) is 10.4. The summed E-state index contributed by atoms with van der Waals surface area (Å²) in [5, 5.41) is 4.11. The summed E-state index contributed by atoms with van der Waals surface area (Å²) in [5.74, 6) is 0.0127. The summed E-state index contributed by atoms with van der Waals surface area (Å²) in [7, 11) is 0. The van der Waals surface area contributed by atoms with Gasteiger partial charge < -0.3 is 4.90 Å². The molecule has 0 N–H and O–H groups in total. The second kappa shape index (κ2) is 6.72. The largest absolute Gasteiger partial charge is 0.306 e. The van der Waals surface area contributed by atoms with E-state index < -0.39 is 0 Å². The molecule has 0 atom stereocenters. The summed E-state index contributed by atoms with van der Waals surface area (Å²) in [6, 6.07) is 21.5. The van der Waals surface area contributed by atoms with Crippen molar-refractivity contribution in [1.82, 2.24) is 9.78 Å². The lowest BCUT2D eigenvalue weighted by molar-refractivity contribution is -0.119. The van der Waals surface area contributed by atoms with E-state index in [4.69, 9.17) is 0 Å². The van der Waals surface area contributed by atoms with Gasteiger partial charge in [-0.25, -0.2) is 0 Å². The van der Waals surface area contributed by atoms with Crippen LogP contribution in [-0.2, 0) is 17.9 Å². The van der Waals surface area contributed by atoms with Gasteiger partial charge in [-0.3, -0.25) is 9.48 Å². The monoisotopic (exact) mass is 291 g/mol. The number of benzene rings is 2. The molecule has 110 valence electrons. The van der Waals surface area contributed by atoms with Gasteiger partial charge in [-0.2, -0.15) is 5.10 Å². The van der Waals surface area contributed by atoms with Gasteiger partial charge in [-0.1, -0.05) is 48.5 Å². The number of carbonyl (C=O) groups is 1. The SMILES string of the molecule is O=C(Cn1cccn1)N(Cc1ccccc1)c1ccccc1. The van der Waals surface area contributed by atoms with Crippen LogP contribution in [0.15, 0.2) is 79.1 Å². The van der Waals surface area contributed by atoms with Gasteiger partial charge in [0.2, 0.25) is 5.91 Å². The molecular formula is C18H17N3O. The maximum Gasteiger partial charge on any atom is 0.249 e. The second-order valence-electron chi connectivity index (χ2n) is 5.00. The van der Waals surface area contributed by atoms with Crippen LogP contribution in [0.4, 0.5) is 5.69 Å². The molecule has 0 bridgehead atoms. The molecule has 1 heterocycles. The van der Waals surface area contributed by atoms with E-state index >= 15 is 0 Å². The summed E-state index contributed by atoms with van der Waals surface area (Å²) >= 11 is 0. The fourth-order valence-electron chi connectivity index (χ4n) is 2.32. The highest BCUT2D eigenvalue weighted by atomic mass is 16.2. The van der Waals surface area contributed by atoms with Crippen LogP contribution in [0.25, 0.3) is 0 Å². The molecule has 4 heteroatoms. The van der Waals surface area contributed by atoms with E-state index in [-0.39, 0.29) is 12.5 Å². The van der Waals surface area contributed by atoms with Gasteiger partial charge in [0.05, 0.1) is 6.54 Å². The van der Waals surface area contributed by atoms with Crippen LogP contribution in [0.2, 0.25) is 0 Å². The van der Waals surface area contributed by atoms with Crippen molar-refractivity contribution in [1.29, 1.82) is 0 Å². The highest BCUT2D eigenvalue weighted by Gasteiger charge is 2.16. The van der Waals surface area contributed by atoms with E-state index in [2.05, 4.69) is 5.10 Å². The van der Waals surface area contributed by atoms with E-state index in [0.717, 1.165) is 11.3 Å². The number of rotatable bonds is 5. The Balaban J connectivity index is 1.84. The van der Waals surface area contributed by atoms with Crippen molar-refractivity contribution in [2.45, 2.75) is 13.1 Å². The molecule has 4 nitrogen and oxygen atoms in total. The van der Waals surface area contributed by atoms with Crippen molar-refractivity contribution in [3.63, 3.8) is 0 Å². The summed E-state index contributed by atoms with van der Waals surface area (Å²) in [4.78, 5) is 14.5. The van der Waals surface area contributed by atoms with Gasteiger partial charge in [0.15, 0.2) is 0 Å². The predicted octanol–water partition coefficient (Wildman–Crippen LogP) is 3.12. The van der Waals surface area contributed by atoms with Crippen LogP contribution in [0.1, 0.15) is 5.56 Å². The lowest BCUT2D eigenvalue weighted by Gasteiger charge is -2.23. The Morgan fingerprint density at radius 1 is 0.955 bits per heavy atom. The third-order valence-corrected chi connectivity index (χ3v) is 3.41. The molecular weight excluding hydrogens is 274 g/mol. The van der Waals surface area contributed by atoms with Gasteiger partial charge >= 0.3 is 0 Å². The number of hydrogen-bond donors (Lipinski definition) is 0. The molecule has 1 aromatic heterocycles. The quantitative estimate of drug-likeness (QED) is 0.724. The standard InChI is InChI=1S/C18H17N3O/c22-18(15-20-13-7-12-19-20)21(17-10-5-2-6-11-17)14-16-8-3-1-4-9-16/h1-13H,14-15H2. The smallest absolute Gasteiger partial charge is 0.249 e. The lowest BCUT2D eigenvalue weighted by Crippen LogP contribution is -2.33. The summed E-state index contributed by atoms with van der Waals surface area (Å²) in [6.07, 6.45) is 3.47. The Kier molecular flexibility index (Phi) is 4.30. The summed E-state index contributed by atoms with van der Waals surface area (Å²) in [5.41, 5.74) is 1.99. The summed E-state index contributed by atoms with van der Waals surface area (Å²) < 4.78 is 1.64. The molecule has 3 aromatic rings. The van der Waals surface area contributed by atoms with E-state index in [1.54, 1.807) is 22.0 Å². The van der Waals surface area contributed by atoms with Crippen LogP contribution in [0.5, 0.6) is 0 Å². The molecule has 2 aromatic carbocycles. The van der Waals surface area contributed by atoms with Crippen molar-refractivity contribution < 1.29 is 4.79 Å². The molecule has 1 amide bonds. The molecule has 0 radical (unpaired) electrons. The first-order chi connectivity index (χ1) is 10.8. The van der Waals surface area contributed by atoms with Gasteiger partial charge in [0.1, 0.15) is 6.54 Å². The van der Waals surface area contributed by atoms with Crippen LogP contribution in [0, 0.1) is 0 Å². The topological polar surface area (TPSA) is 38.1 Å². The van der Waals surface area contributed by atoms with Crippen LogP contribution in [0.3, 0.4) is 0 Å². The molecule has 0 aliphatic carbocycles. The third kappa shape index (κ3) is 3.41. The minimum atomic E-state index is 0.0127. The minimum Gasteiger partial charge on any atom is -0.306 e. The van der Waals surface area contributed by atoms with E-state index in [9.17, 15) is 4.79 Å². The number of nitrogens with zero attached hydrogens (tertiary/aromatic N) is 3. The van der Waals surface area contributed by atoms with Crippen molar-refractivity contribution in [2.75, 3.05) is 4.90 Å². The number of para-hydroxylation sites is 1. The summed E-state index contributed by atoms with van der Waals surface area (Å²) in [6.45, 7) is 0.777. The maximum absolute atomic E-state index is 12.7. The van der Waals surface area contributed by atoms with Gasteiger partial charge in [-0.05, 0) is 23.8 Å². The maximum atomic E-state index is 12.7. The number of aromatic nitrogens is 2. The van der Waals surface area contributed by atoms with Crippen molar-refractivity contribution in [2.24, 2.45) is 0 Å². The van der Waals surface area contributed by atoms with Crippen LogP contribution >= 0.6 is 0 Å². The van der Waals surface area contributed by atoms with Gasteiger partial charge in [0.25, 0.3) is 0 Å². The van der Waals surface area contributed by atoms with Crippen LogP contribution < -0.4 is 4.90 Å². The Hall–Kier alpha value is -2.88. The Bertz CT molecular complexity index is 709. The Morgan fingerprint density at radius 2 is 1.64 bits per heavy atom. The molecule has 3 rings (SSSR count). The number of anilines is 1. The molecule has 0 spiro atoms. The zero-order valence-corrected chi connectivity index (χ0v) is 12.2. The molecule has 22 heavy (non-hydrogen) atoms. The molecule has 0 unspecified atom stereocenters. The zero-order chi connectivity index (χ0) is 15.2. The predicted molar refractivity (Wildman–Crippen MR) is 86.3 cm³/mol. The zero-order valence-electron chi connectivity index (χ0n) is 12.2. The van der Waals surface area contributed by atoms with Crippen molar-refractivity contribution >= 4 is 11.6 Å². The minimum absolute atomic E-state index is 0.0127. The number of amides is 1. The Morgan fingerprint density at radius 3 is 2.27 bits per heavy atom. The molecule has 0 aliphatic heterocycles. The Labute approximate surface area is 129 Å². The van der Waals surface area contributed by atoms with Crippen molar-refractivity contribution in [3.8, 4) is 0 Å². The van der Waals surface area contributed by atoms with Gasteiger partial charge in [0, 0.05) is 18.1 Å².